The molecule has 0 saturated carbocycles. The summed E-state index contributed by atoms with van der Waals surface area (Å²) in [5, 5.41) is 11.3. The molecule has 3 heteroatoms. The minimum atomic E-state index is -0.00231. The zero-order valence-corrected chi connectivity index (χ0v) is 5.42. The highest BCUT2D eigenvalue weighted by Crippen LogP contribution is 2.14. The van der Waals surface area contributed by atoms with E-state index < -0.39 is 0 Å². The Hall–Kier alpha value is -0.570. The first kappa shape index (κ1) is 6.55. The number of aliphatic hydroxyl groups is 1. The molecule has 0 radical (unpaired) electrons. The van der Waals surface area contributed by atoms with Gasteiger partial charge in [0.25, 0.3) is 0 Å². The average molecular weight is 129 g/mol. The Morgan fingerprint density at radius 3 is 2.78 bits per heavy atom. The van der Waals surface area contributed by atoms with Crippen molar-refractivity contribution in [2.24, 2.45) is 5.92 Å². The van der Waals surface area contributed by atoms with Gasteiger partial charge in [-0.1, -0.05) is 6.92 Å². The first-order chi connectivity index (χ1) is 4.24. The number of hydrogen-bond acceptors (Lipinski definition) is 2. The molecule has 1 fully saturated rings. The zero-order chi connectivity index (χ0) is 6.85. The average Bonchev–Trinajstić information content (AvgIpc) is 2.10. The van der Waals surface area contributed by atoms with Crippen molar-refractivity contribution in [3.8, 4) is 0 Å². The number of carbonyl (C=O) groups is 1. The molecule has 0 unspecified atom stereocenters. The Labute approximate surface area is 54.1 Å². The monoisotopic (exact) mass is 129 g/mol. The number of aliphatic hydroxyl groups excluding tert-OH is 1. The highest BCUT2D eigenvalue weighted by Gasteiger charge is 2.27. The summed E-state index contributed by atoms with van der Waals surface area (Å²) in [6, 6.07) is -0.00231. The van der Waals surface area contributed by atoms with E-state index >= 15 is 0 Å². The van der Waals surface area contributed by atoms with E-state index in [2.05, 4.69) is 5.32 Å². The van der Waals surface area contributed by atoms with Gasteiger partial charge < -0.3 is 10.4 Å². The molecule has 0 aromatic carbocycles. The van der Waals surface area contributed by atoms with Crippen molar-refractivity contribution in [1.29, 1.82) is 0 Å². The van der Waals surface area contributed by atoms with Crippen molar-refractivity contribution >= 4 is 5.91 Å². The molecule has 1 heterocycles. The highest BCUT2D eigenvalue weighted by atomic mass is 16.3. The first-order valence-corrected chi connectivity index (χ1v) is 3.14. The predicted molar refractivity (Wildman–Crippen MR) is 32.8 cm³/mol. The summed E-state index contributed by atoms with van der Waals surface area (Å²) >= 11 is 0. The third-order valence-electron chi connectivity index (χ3n) is 1.74. The molecule has 0 spiro atoms. The quantitative estimate of drug-likeness (QED) is 0.501. The fourth-order valence-electron chi connectivity index (χ4n) is 1.07. The van der Waals surface area contributed by atoms with E-state index in [1.54, 1.807) is 0 Å². The molecule has 0 aromatic heterocycles. The molecule has 1 amide bonds. The van der Waals surface area contributed by atoms with Crippen LogP contribution in [0.3, 0.4) is 0 Å². The van der Waals surface area contributed by atoms with Crippen LogP contribution in [0.2, 0.25) is 0 Å². The number of hydrogen-bond donors (Lipinski definition) is 2. The second-order valence-corrected chi connectivity index (χ2v) is 2.54. The molecule has 52 valence electrons. The largest absolute Gasteiger partial charge is 0.394 e. The van der Waals surface area contributed by atoms with Crippen molar-refractivity contribution in [3.05, 3.63) is 0 Å². The molecule has 1 saturated heterocycles. The molecule has 9 heavy (non-hydrogen) atoms. The molecule has 1 aliphatic rings. The van der Waals surface area contributed by atoms with Gasteiger partial charge in [0.2, 0.25) is 5.91 Å². The maximum absolute atomic E-state index is 10.6. The summed E-state index contributed by atoms with van der Waals surface area (Å²) in [7, 11) is 0. The van der Waals surface area contributed by atoms with Gasteiger partial charge >= 0.3 is 0 Å². The maximum Gasteiger partial charge on any atom is 0.220 e. The van der Waals surface area contributed by atoms with Gasteiger partial charge in [-0.3, -0.25) is 4.79 Å². The fourth-order valence-corrected chi connectivity index (χ4v) is 1.07. The molecule has 0 aromatic rings. The zero-order valence-electron chi connectivity index (χ0n) is 5.42. The molecule has 1 rings (SSSR count). The summed E-state index contributed by atoms with van der Waals surface area (Å²) in [6.45, 7) is 2.02. The van der Waals surface area contributed by atoms with Crippen LogP contribution in [-0.4, -0.2) is 23.7 Å². The van der Waals surface area contributed by atoms with Gasteiger partial charge in [-0.15, -0.1) is 0 Å². The highest BCUT2D eigenvalue weighted by molar-refractivity contribution is 5.78. The summed E-state index contributed by atoms with van der Waals surface area (Å²) < 4.78 is 0. The standard InChI is InChI=1S/C6H11NO2/c1-4-2-6(9)7-5(4)3-8/h4-5,8H,2-3H2,1H3,(H,7,9)/t4-,5-/m1/s1. The Morgan fingerprint density at radius 1 is 1.89 bits per heavy atom. The van der Waals surface area contributed by atoms with Crippen LogP contribution in [-0.2, 0) is 4.79 Å². The summed E-state index contributed by atoms with van der Waals surface area (Å²) in [4.78, 5) is 10.6. The van der Waals surface area contributed by atoms with Crippen LogP contribution >= 0.6 is 0 Å². The Bertz CT molecular complexity index is 124. The third-order valence-corrected chi connectivity index (χ3v) is 1.74. The van der Waals surface area contributed by atoms with E-state index in [0.717, 1.165) is 0 Å². The second-order valence-electron chi connectivity index (χ2n) is 2.54. The van der Waals surface area contributed by atoms with E-state index in [-0.39, 0.29) is 18.6 Å². The number of nitrogens with one attached hydrogen (secondary N) is 1. The molecule has 2 atom stereocenters. The van der Waals surface area contributed by atoms with Crippen LogP contribution in [0.4, 0.5) is 0 Å². The maximum atomic E-state index is 10.6. The summed E-state index contributed by atoms with van der Waals surface area (Å²) in [5.74, 6) is 0.351. The molecular formula is C6H11NO2. The molecule has 1 aliphatic heterocycles. The lowest BCUT2D eigenvalue weighted by molar-refractivity contribution is -0.119. The van der Waals surface area contributed by atoms with E-state index in [1.807, 2.05) is 6.92 Å². The number of amides is 1. The van der Waals surface area contributed by atoms with Gasteiger partial charge in [0, 0.05) is 6.42 Å². The molecular weight excluding hydrogens is 118 g/mol. The lowest BCUT2D eigenvalue weighted by atomic mass is 10.0. The van der Waals surface area contributed by atoms with Crippen LogP contribution in [0.25, 0.3) is 0 Å². The van der Waals surface area contributed by atoms with E-state index in [4.69, 9.17) is 5.11 Å². The summed E-state index contributed by atoms with van der Waals surface area (Å²) in [6.07, 6.45) is 0.561. The van der Waals surface area contributed by atoms with E-state index in [1.165, 1.54) is 0 Å². The van der Waals surface area contributed by atoms with Gasteiger partial charge in [0.05, 0.1) is 12.6 Å². The first-order valence-electron chi connectivity index (χ1n) is 3.14. The molecule has 3 nitrogen and oxygen atoms in total. The van der Waals surface area contributed by atoms with Crippen molar-refractivity contribution in [3.63, 3.8) is 0 Å². The smallest absolute Gasteiger partial charge is 0.220 e. The van der Waals surface area contributed by atoms with Gasteiger partial charge in [0.15, 0.2) is 0 Å². The Balaban J connectivity index is 2.47. The predicted octanol–water partition coefficient (Wildman–Crippen LogP) is -0.497. The molecule has 0 bridgehead atoms. The minimum Gasteiger partial charge on any atom is -0.394 e. The van der Waals surface area contributed by atoms with Crippen LogP contribution in [0, 0.1) is 5.92 Å². The summed E-state index contributed by atoms with van der Waals surface area (Å²) in [5.41, 5.74) is 0. The van der Waals surface area contributed by atoms with Crippen molar-refractivity contribution in [1.82, 2.24) is 5.32 Å². The van der Waals surface area contributed by atoms with Gasteiger partial charge in [0.1, 0.15) is 0 Å². The van der Waals surface area contributed by atoms with Gasteiger partial charge in [-0.05, 0) is 5.92 Å². The van der Waals surface area contributed by atoms with Gasteiger partial charge in [-0.25, -0.2) is 0 Å². The van der Waals surface area contributed by atoms with Crippen LogP contribution < -0.4 is 5.32 Å². The number of rotatable bonds is 1. The SMILES string of the molecule is C[C@@H]1CC(=O)N[C@@H]1CO. The minimum absolute atomic E-state index is 0.00231. The van der Waals surface area contributed by atoms with Crippen molar-refractivity contribution in [2.45, 2.75) is 19.4 Å². The topological polar surface area (TPSA) is 49.3 Å². The number of carbonyl (C=O) groups excluding carboxylic acids is 1. The normalized spacial score (nSPS) is 34.7. The van der Waals surface area contributed by atoms with Crippen LogP contribution in [0.5, 0.6) is 0 Å². The third kappa shape index (κ3) is 1.21. The lowest BCUT2D eigenvalue weighted by Gasteiger charge is -2.09. The van der Waals surface area contributed by atoms with Crippen molar-refractivity contribution < 1.29 is 9.90 Å². The van der Waals surface area contributed by atoms with Crippen LogP contribution in [0.1, 0.15) is 13.3 Å². The molecule has 2 N–H and O–H groups in total. The second kappa shape index (κ2) is 2.35. The molecule has 0 aliphatic carbocycles. The van der Waals surface area contributed by atoms with E-state index in [9.17, 15) is 4.79 Å². The Kier molecular flexibility index (Phi) is 1.71. The Morgan fingerprint density at radius 2 is 2.56 bits per heavy atom. The van der Waals surface area contributed by atoms with Gasteiger partial charge in [-0.2, -0.15) is 0 Å². The van der Waals surface area contributed by atoms with E-state index in [0.29, 0.717) is 12.3 Å². The van der Waals surface area contributed by atoms with Crippen LogP contribution in [0.15, 0.2) is 0 Å². The fraction of sp³-hybridized carbons (Fsp3) is 0.833. The lowest BCUT2D eigenvalue weighted by Crippen LogP contribution is -2.31. The van der Waals surface area contributed by atoms with Crippen molar-refractivity contribution in [2.75, 3.05) is 6.61 Å².